The Morgan fingerprint density at radius 2 is 1.93 bits per heavy atom. The van der Waals surface area contributed by atoms with Gasteiger partial charge in [-0.15, -0.1) is 11.3 Å². The van der Waals surface area contributed by atoms with Gasteiger partial charge in [0.15, 0.2) is 0 Å². The van der Waals surface area contributed by atoms with E-state index >= 15 is 0 Å². The molecule has 3 heterocycles. The molecule has 1 N–H and O–H groups in total. The van der Waals surface area contributed by atoms with E-state index in [1.807, 2.05) is 4.90 Å². The van der Waals surface area contributed by atoms with Crippen LogP contribution in [0.25, 0.3) is 0 Å². The molecule has 0 unspecified atom stereocenters. The lowest BCUT2D eigenvalue weighted by Crippen LogP contribution is -2.48. The smallest absolute Gasteiger partial charge is 0.251 e. The molecule has 5 nitrogen and oxygen atoms in total. The van der Waals surface area contributed by atoms with Crippen LogP contribution >= 0.6 is 11.3 Å². The normalized spacial score (nSPS) is 18.0. The highest BCUT2D eigenvalue weighted by Gasteiger charge is 2.42. The van der Waals surface area contributed by atoms with Crippen LogP contribution in [0.1, 0.15) is 40.1 Å². The average Bonchev–Trinajstić information content (AvgIpc) is 3.19. The second-order valence-corrected chi connectivity index (χ2v) is 8.24. The minimum atomic E-state index is -0.383. The number of hydrogen-bond donors (Lipinski definition) is 1. The first-order valence-corrected chi connectivity index (χ1v) is 10.5. The molecule has 1 fully saturated rings. The van der Waals surface area contributed by atoms with E-state index in [2.05, 4.69) is 16.8 Å². The highest BCUT2D eigenvalue weighted by Crippen LogP contribution is 2.43. The van der Waals surface area contributed by atoms with Gasteiger partial charge in [0.25, 0.3) is 5.91 Å². The Labute approximate surface area is 167 Å². The van der Waals surface area contributed by atoms with Crippen LogP contribution in [-0.2, 0) is 21.6 Å². The van der Waals surface area contributed by atoms with Crippen molar-refractivity contribution in [3.63, 3.8) is 0 Å². The van der Waals surface area contributed by atoms with Crippen LogP contribution in [0, 0.1) is 5.82 Å². The summed E-state index contributed by atoms with van der Waals surface area (Å²) in [4.78, 5) is 27.8. The van der Waals surface area contributed by atoms with Gasteiger partial charge in [0.05, 0.1) is 12.2 Å². The van der Waals surface area contributed by atoms with E-state index in [9.17, 15) is 14.0 Å². The maximum absolute atomic E-state index is 12.9. The number of amides is 2. The molecule has 1 spiro atoms. The van der Waals surface area contributed by atoms with Crippen LogP contribution in [0.2, 0.25) is 0 Å². The number of carbonyl (C=O) groups excluding carboxylic acids is 2. The van der Waals surface area contributed by atoms with Crippen molar-refractivity contribution in [2.75, 3.05) is 26.2 Å². The molecule has 2 aliphatic rings. The first-order valence-electron chi connectivity index (χ1n) is 9.60. The third-order valence-corrected chi connectivity index (χ3v) is 6.58. The summed E-state index contributed by atoms with van der Waals surface area (Å²) in [5.74, 6) is -0.646. The van der Waals surface area contributed by atoms with Gasteiger partial charge in [0.2, 0.25) is 5.91 Å². The van der Waals surface area contributed by atoms with Gasteiger partial charge in [-0.2, -0.15) is 0 Å². The van der Waals surface area contributed by atoms with Crippen LogP contribution in [-0.4, -0.2) is 43.0 Å². The van der Waals surface area contributed by atoms with Gasteiger partial charge in [0.1, 0.15) is 5.82 Å². The van der Waals surface area contributed by atoms with Crippen LogP contribution in [0.15, 0.2) is 35.7 Å². The lowest BCUT2D eigenvalue weighted by atomic mass is 9.82. The van der Waals surface area contributed by atoms with Crippen molar-refractivity contribution in [2.45, 2.75) is 31.3 Å². The third-order valence-electron chi connectivity index (χ3n) is 5.60. The summed E-state index contributed by atoms with van der Waals surface area (Å²) in [5.41, 5.74) is 1.46. The van der Waals surface area contributed by atoms with Gasteiger partial charge >= 0.3 is 0 Å². The van der Waals surface area contributed by atoms with E-state index in [0.29, 0.717) is 18.7 Å². The number of piperidine rings is 1. The van der Waals surface area contributed by atoms with Crippen molar-refractivity contribution in [1.29, 1.82) is 0 Å². The first-order chi connectivity index (χ1) is 13.6. The average molecular weight is 402 g/mol. The number of halogens is 1. The summed E-state index contributed by atoms with van der Waals surface area (Å²) in [5, 5.41) is 4.85. The van der Waals surface area contributed by atoms with E-state index in [0.717, 1.165) is 25.9 Å². The number of carbonyl (C=O) groups is 2. The maximum atomic E-state index is 12.9. The van der Waals surface area contributed by atoms with Crippen molar-refractivity contribution >= 4 is 23.2 Å². The summed E-state index contributed by atoms with van der Waals surface area (Å²) in [7, 11) is 0. The molecule has 4 rings (SSSR count). The fraction of sp³-hybridized carbons (Fsp3) is 0.429. The molecule has 0 saturated carbocycles. The van der Waals surface area contributed by atoms with Gasteiger partial charge in [-0.3, -0.25) is 9.59 Å². The number of rotatable bonds is 4. The number of nitrogens with zero attached hydrogens (tertiary/aromatic N) is 1. The Morgan fingerprint density at radius 1 is 1.18 bits per heavy atom. The second-order valence-electron chi connectivity index (χ2n) is 7.24. The number of nitrogens with one attached hydrogen (secondary N) is 1. The highest BCUT2D eigenvalue weighted by molar-refractivity contribution is 7.10. The number of likely N-dealkylation sites (tertiary alicyclic amines) is 1. The molecule has 1 saturated heterocycles. The molecule has 0 atom stereocenters. The molecular weight excluding hydrogens is 379 g/mol. The Hall–Kier alpha value is -2.25. The number of benzene rings is 1. The zero-order valence-electron chi connectivity index (χ0n) is 15.6. The largest absolute Gasteiger partial charge is 0.370 e. The van der Waals surface area contributed by atoms with Gasteiger partial charge in [-0.05, 0) is 54.1 Å². The highest BCUT2D eigenvalue weighted by atomic mass is 32.1. The number of thiophene rings is 1. The molecule has 28 heavy (non-hydrogen) atoms. The predicted octanol–water partition coefficient (Wildman–Crippen LogP) is 3.10. The summed E-state index contributed by atoms with van der Waals surface area (Å²) < 4.78 is 19.1. The van der Waals surface area contributed by atoms with Crippen molar-refractivity contribution in [3.05, 3.63) is 57.5 Å². The predicted molar refractivity (Wildman–Crippen MR) is 105 cm³/mol. The van der Waals surface area contributed by atoms with Crippen LogP contribution < -0.4 is 5.32 Å². The van der Waals surface area contributed by atoms with Gasteiger partial charge < -0.3 is 15.0 Å². The molecule has 148 valence electrons. The fourth-order valence-electron chi connectivity index (χ4n) is 4.03. The van der Waals surface area contributed by atoms with Gasteiger partial charge in [-0.25, -0.2) is 4.39 Å². The van der Waals surface area contributed by atoms with E-state index < -0.39 is 0 Å². The van der Waals surface area contributed by atoms with E-state index in [4.69, 9.17) is 4.74 Å². The lowest BCUT2D eigenvalue weighted by molar-refractivity contribution is -0.140. The topological polar surface area (TPSA) is 58.6 Å². The zero-order valence-corrected chi connectivity index (χ0v) is 16.4. The molecule has 0 bridgehead atoms. The quantitative estimate of drug-likeness (QED) is 0.855. The maximum Gasteiger partial charge on any atom is 0.251 e. The monoisotopic (exact) mass is 402 g/mol. The summed E-state index contributed by atoms with van der Waals surface area (Å²) >= 11 is 1.79. The SMILES string of the molecule is O=C(NCCC(=O)N1CCC2(CC1)OCCc1sccc12)c1ccc(F)cc1. The molecular formula is C21H23FN2O3S. The zero-order chi connectivity index (χ0) is 19.6. The number of fused-ring (bicyclic) bond motifs is 2. The van der Waals surface area contributed by atoms with Crippen molar-refractivity contribution in [3.8, 4) is 0 Å². The number of hydrogen-bond acceptors (Lipinski definition) is 4. The molecule has 1 aromatic carbocycles. The van der Waals surface area contributed by atoms with Crippen molar-refractivity contribution in [2.24, 2.45) is 0 Å². The minimum Gasteiger partial charge on any atom is -0.370 e. The molecule has 2 aromatic rings. The van der Waals surface area contributed by atoms with E-state index in [-0.39, 0.29) is 36.2 Å². The molecule has 2 amide bonds. The molecule has 0 radical (unpaired) electrons. The van der Waals surface area contributed by atoms with Crippen LogP contribution in [0.3, 0.4) is 0 Å². The fourth-order valence-corrected chi connectivity index (χ4v) is 4.98. The third kappa shape index (κ3) is 3.82. The Kier molecular flexibility index (Phi) is 5.46. The Morgan fingerprint density at radius 3 is 2.68 bits per heavy atom. The Balaban J connectivity index is 1.26. The first kappa shape index (κ1) is 19.1. The summed E-state index contributed by atoms with van der Waals surface area (Å²) in [6.07, 6.45) is 2.85. The summed E-state index contributed by atoms with van der Waals surface area (Å²) in [6, 6.07) is 7.52. The Bertz CT molecular complexity index is 857. The molecule has 1 aromatic heterocycles. The van der Waals surface area contributed by atoms with Gasteiger partial charge in [-0.1, -0.05) is 0 Å². The van der Waals surface area contributed by atoms with E-state index in [1.54, 1.807) is 11.3 Å². The number of ether oxygens (including phenoxy) is 1. The standard InChI is InChI=1S/C21H23FN2O3S/c22-16-3-1-15(2-4-16)20(26)23-10-5-19(25)24-11-8-21(9-12-24)17-7-14-28-18(17)6-13-27-21/h1-4,7,14H,5-6,8-13H2,(H,23,26). The van der Waals surface area contributed by atoms with Crippen molar-refractivity contribution < 1.29 is 18.7 Å². The molecule has 2 aliphatic heterocycles. The summed E-state index contributed by atoms with van der Waals surface area (Å²) in [6.45, 7) is 2.35. The second kappa shape index (κ2) is 8.01. The lowest BCUT2D eigenvalue weighted by Gasteiger charge is -2.44. The molecule has 7 heteroatoms. The van der Waals surface area contributed by atoms with Crippen LogP contribution in [0.5, 0.6) is 0 Å². The minimum absolute atomic E-state index is 0.0376. The van der Waals surface area contributed by atoms with Crippen molar-refractivity contribution in [1.82, 2.24) is 10.2 Å². The molecule has 0 aliphatic carbocycles. The van der Waals surface area contributed by atoms with Gasteiger partial charge in [0, 0.05) is 42.9 Å². The van der Waals surface area contributed by atoms with E-state index in [1.165, 1.54) is 34.7 Å². The van der Waals surface area contributed by atoms with Crippen LogP contribution in [0.4, 0.5) is 4.39 Å².